The molecule has 0 atom stereocenters. The van der Waals surface area contributed by atoms with Gasteiger partial charge >= 0.3 is 0 Å². The maximum atomic E-state index is 12.8. The van der Waals surface area contributed by atoms with Gasteiger partial charge in [-0.25, -0.2) is 13.1 Å². The molecule has 1 aromatic rings. The number of hydrogen-bond acceptors (Lipinski definition) is 6. The summed E-state index contributed by atoms with van der Waals surface area (Å²) in [4.78, 5) is 17.4. The van der Waals surface area contributed by atoms with Gasteiger partial charge < -0.3 is 9.42 Å². The molecule has 0 bridgehead atoms. The van der Waals surface area contributed by atoms with Crippen molar-refractivity contribution in [3.63, 3.8) is 0 Å². The van der Waals surface area contributed by atoms with Gasteiger partial charge in [0, 0.05) is 44.2 Å². The fourth-order valence-corrected chi connectivity index (χ4v) is 5.95. The molecule has 8 nitrogen and oxygen atoms in total. The van der Waals surface area contributed by atoms with Gasteiger partial charge in [-0.2, -0.15) is 0 Å². The first-order valence-corrected chi connectivity index (χ1v) is 11.7. The number of aromatic nitrogens is 1. The van der Waals surface area contributed by atoms with Crippen LogP contribution in [0.2, 0.25) is 0 Å². The number of hydrogen-bond donors (Lipinski definition) is 1. The maximum absolute atomic E-state index is 12.8. The lowest BCUT2D eigenvalue weighted by Gasteiger charge is -2.39. The zero-order valence-corrected chi connectivity index (χ0v) is 18.1. The number of nitrogens with one attached hydrogen (secondary N) is 1. The molecule has 3 rings (SSSR count). The Labute approximate surface area is 167 Å². The van der Waals surface area contributed by atoms with E-state index in [0.717, 1.165) is 39.0 Å². The lowest BCUT2D eigenvalue weighted by atomic mass is 9.85. The highest BCUT2D eigenvalue weighted by Crippen LogP contribution is 2.28. The normalized spacial score (nSPS) is 24.7. The van der Waals surface area contributed by atoms with Gasteiger partial charge in [-0.1, -0.05) is 5.16 Å². The fourth-order valence-electron chi connectivity index (χ4n) is 4.31. The SMILES string of the molecule is Cc1noc(C)c1S(=O)(=O)N[C@H]1CC[C@H](C(=O)N2CCN(C(C)C)CC2)CC1. The highest BCUT2D eigenvalue weighted by atomic mass is 32.2. The van der Waals surface area contributed by atoms with Crippen LogP contribution in [0.5, 0.6) is 0 Å². The van der Waals surface area contributed by atoms with E-state index in [1.54, 1.807) is 13.8 Å². The Morgan fingerprint density at radius 1 is 1.11 bits per heavy atom. The summed E-state index contributed by atoms with van der Waals surface area (Å²) in [6, 6.07) is 0.360. The van der Waals surface area contributed by atoms with Crippen LogP contribution in [-0.2, 0) is 14.8 Å². The van der Waals surface area contributed by atoms with Crippen LogP contribution in [0.3, 0.4) is 0 Å². The molecular weight excluding hydrogens is 380 g/mol. The second-order valence-electron chi connectivity index (χ2n) is 8.28. The van der Waals surface area contributed by atoms with Crippen LogP contribution in [0.15, 0.2) is 9.42 Å². The number of aryl methyl sites for hydroxylation is 2. The molecule has 1 aliphatic carbocycles. The van der Waals surface area contributed by atoms with Crippen LogP contribution in [0.1, 0.15) is 51.0 Å². The Hall–Kier alpha value is -1.45. The van der Waals surface area contributed by atoms with Gasteiger partial charge in [0.1, 0.15) is 10.6 Å². The second-order valence-corrected chi connectivity index (χ2v) is 9.93. The minimum atomic E-state index is -3.66. The molecule has 1 saturated heterocycles. The van der Waals surface area contributed by atoms with E-state index in [-0.39, 0.29) is 22.8 Å². The van der Waals surface area contributed by atoms with Gasteiger partial charge in [-0.05, 0) is 53.4 Å². The van der Waals surface area contributed by atoms with Crippen molar-refractivity contribution in [2.75, 3.05) is 26.2 Å². The summed E-state index contributed by atoms with van der Waals surface area (Å²) in [5, 5.41) is 3.73. The van der Waals surface area contributed by atoms with E-state index in [9.17, 15) is 13.2 Å². The van der Waals surface area contributed by atoms with Crippen LogP contribution in [0.25, 0.3) is 0 Å². The number of rotatable bonds is 5. The van der Waals surface area contributed by atoms with Crippen LogP contribution in [0.4, 0.5) is 0 Å². The van der Waals surface area contributed by atoms with Gasteiger partial charge in [-0.3, -0.25) is 9.69 Å². The molecule has 1 N–H and O–H groups in total. The molecule has 1 saturated carbocycles. The number of nitrogens with zero attached hydrogens (tertiary/aromatic N) is 3. The predicted octanol–water partition coefficient (Wildman–Crippen LogP) is 1.68. The van der Waals surface area contributed by atoms with E-state index < -0.39 is 10.0 Å². The van der Waals surface area contributed by atoms with Crippen molar-refractivity contribution < 1.29 is 17.7 Å². The van der Waals surface area contributed by atoms with Crippen LogP contribution < -0.4 is 4.72 Å². The van der Waals surface area contributed by atoms with Crippen molar-refractivity contribution in [1.29, 1.82) is 0 Å². The average Bonchev–Trinajstić information content (AvgIpc) is 3.00. The highest BCUT2D eigenvalue weighted by molar-refractivity contribution is 7.89. The summed E-state index contributed by atoms with van der Waals surface area (Å²) in [7, 11) is -3.66. The third kappa shape index (κ3) is 4.58. The Morgan fingerprint density at radius 2 is 1.71 bits per heavy atom. The molecule has 2 heterocycles. The molecule has 28 heavy (non-hydrogen) atoms. The number of carbonyl (C=O) groups is 1. The summed E-state index contributed by atoms with van der Waals surface area (Å²) < 4.78 is 33.1. The van der Waals surface area contributed by atoms with Crippen LogP contribution >= 0.6 is 0 Å². The summed E-state index contributed by atoms with van der Waals surface area (Å²) in [5.74, 6) is 0.537. The summed E-state index contributed by atoms with van der Waals surface area (Å²) in [6.07, 6.45) is 2.78. The van der Waals surface area contributed by atoms with Gasteiger partial charge in [-0.15, -0.1) is 0 Å². The summed E-state index contributed by atoms with van der Waals surface area (Å²) in [6.45, 7) is 11.0. The van der Waals surface area contributed by atoms with E-state index in [1.165, 1.54) is 0 Å². The topological polar surface area (TPSA) is 95.8 Å². The van der Waals surface area contributed by atoms with E-state index in [4.69, 9.17) is 4.52 Å². The van der Waals surface area contributed by atoms with Crippen molar-refractivity contribution in [3.05, 3.63) is 11.5 Å². The number of carbonyl (C=O) groups excluding carboxylic acids is 1. The van der Waals surface area contributed by atoms with E-state index in [1.807, 2.05) is 4.90 Å². The number of amides is 1. The molecule has 0 radical (unpaired) electrons. The lowest BCUT2D eigenvalue weighted by molar-refractivity contribution is -0.138. The molecule has 2 aliphatic rings. The largest absolute Gasteiger partial charge is 0.360 e. The molecular formula is C19H32N4O4S. The molecule has 2 fully saturated rings. The Balaban J connectivity index is 1.51. The van der Waals surface area contributed by atoms with Gasteiger partial charge in [0.25, 0.3) is 0 Å². The first-order valence-electron chi connectivity index (χ1n) is 10.2. The zero-order valence-electron chi connectivity index (χ0n) is 17.3. The van der Waals surface area contributed by atoms with Crippen molar-refractivity contribution in [2.24, 2.45) is 5.92 Å². The van der Waals surface area contributed by atoms with E-state index in [2.05, 4.69) is 28.6 Å². The van der Waals surface area contributed by atoms with Gasteiger partial charge in [0.05, 0.1) is 0 Å². The maximum Gasteiger partial charge on any atom is 0.246 e. The predicted molar refractivity (Wildman–Crippen MR) is 105 cm³/mol. The molecule has 1 aliphatic heterocycles. The van der Waals surface area contributed by atoms with Gasteiger partial charge in [0.2, 0.25) is 15.9 Å². The molecule has 0 aromatic carbocycles. The molecule has 158 valence electrons. The standard InChI is InChI=1S/C19H32N4O4S/c1-13(2)22-9-11-23(12-10-22)19(24)16-5-7-17(8-6-16)21-28(25,26)18-14(3)20-27-15(18)4/h13,16-17,21H,5-12H2,1-4H3/t16-,17-. The molecule has 0 spiro atoms. The Kier molecular flexibility index (Phi) is 6.46. The lowest BCUT2D eigenvalue weighted by Crippen LogP contribution is -2.52. The first kappa shape index (κ1) is 21.3. The van der Waals surface area contributed by atoms with Crippen LogP contribution in [0, 0.1) is 19.8 Å². The monoisotopic (exact) mass is 412 g/mol. The number of sulfonamides is 1. The number of piperazine rings is 1. The quantitative estimate of drug-likeness (QED) is 0.791. The van der Waals surface area contributed by atoms with E-state index >= 15 is 0 Å². The fraction of sp³-hybridized carbons (Fsp3) is 0.789. The minimum Gasteiger partial charge on any atom is -0.360 e. The average molecular weight is 413 g/mol. The van der Waals surface area contributed by atoms with E-state index in [0.29, 0.717) is 30.3 Å². The van der Waals surface area contributed by atoms with Crippen molar-refractivity contribution >= 4 is 15.9 Å². The third-order valence-electron chi connectivity index (χ3n) is 5.99. The highest BCUT2D eigenvalue weighted by Gasteiger charge is 2.34. The molecule has 0 unspecified atom stereocenters. The minimum absolute atomic E-state index is 0.00502. The Bertz CT molecular complexity index is 769. The molecule has 9 heteroatoms. The molecule has 1 amide bonds. The van der Waals surface area contributed by atoms with Gasteiger partial charge in [0.15, 0.2) is 5.76 Å². The summed E-state index contributed by atoms with van der Waals surface area (Å²) in [5.41, 5.74) is 0.370. The Morgan fingerprint density at radius 3 is 2.21 bits per heavy atom. The van der Waals surface area contributed by atoms with Crippen molar-refractivity contribution in [3.8, 4) is 0 Å². The zero-order chi connectivity index (χ0) is 20.5. The van der Waals surface area contributed by atoms with Crippen molar-refractivity contribution in [2.45, 2.75) is 70.4 Å². The smallest absolute Gasteiger partial charge is 0.246 e. The molecule has 1 aromatic heterocycles. The second kappa shape index (κ2) is 8.51. The third-order valence-corrected chi connectivity index (χ3v) is 7.76. The van der Waals surface area contributed by atoms with Crippen molar-refractivity contribution in [1.82, 2.24) is 19.7 Å². The summed E-state index contributed by atoms with van der Waals surface area (Å²) >= 11 is 0. The first-order chi connectivity index (χ1) is 13.2. The van der Waals surface area contributed by atoms with Crippen LogP contribution in [-0.4, -0.2) is 67.5 Å².